The molecular weight excluding hydrogens is 285 g/mol. The summed E-state index contributed by atoms with van der Waals surface area (Å²) in [6.45, 7) is 2.24. The van der Waals surface area contributed by atoms with Gasteiger partial charge in [0.2, 0.25) is 5.91 Å². The SMILES string of the molecule is CCCCOC(=O)CNC(=O)C1(c2cccc(F)c2)CCC1. The molecule has 0 aromatic heterocycles. The highest BCUT2D eigenvalue weighted by Gasteiger charge is 2.45. The fraction of sp³-hybridized carbons (Fsp3) is 0.529. The maximum absolute atomic E-state index is 13.4. The molecule has 120 valence electrons. The fourth-order valence-electron chi connectivity index (χ4n) is 2.67. The summed E-state index contributed by atoms with van der Waals surface area (Å²) in [7, 11) is 0. The van der Waals surface area contributed by atoms with Crippen LogP contribution in [0.1, 0.15) is 44.6 Å². The standard InChI is InChI=1S/C17H22FNO3/c1-2-3-10-22-15(20)12-19-16(21)17(8-5-9-17)13-6-4-7-14(18)11-13/h4,6-7,11H,2-3,5,8-10,12H2,1H3,(H,19,21). The van der Waals surface area contributed by atoms with E-state index in [1.807, 2.05) is 6.92 Å². The van der Waals surface area contributed by atoms with Gasteiger partial charge in [-0.1, -0.05) is 31.9 Å². The van der Waals surface area contributed by atoms with Gasteiger partial charge in [-0.05, 0) is 37.0 Å². The van der Waals surface area contributed by atoms with E-state index in [4.69, 9.17) is 4.74 Å². The molecule has 0 bridgehead atoms. The molecule has 0 radical (unpaired) electrons. The molecule has 1 fully saturated rings. The van der Waals surface area contributed by atoms with Crippen molar-refractivity contribution >= 4 is 11.9 Å². The van der Waals surface area contributed by atoms with E-state index in [1.54, 1.807) is 12.1 Å². The second kappa shape index (κ2) is 7.38. The molecule has 1 aromatic rings. The summed E-state index contributed by atoms with van der Waals surface area (Å²) in [6.07, 6.45) is 4.03. The highest BCUT2D eigenvalue weighted by Crippen LogP contribution is 2.44. The zero-order valence-electron chi connectivity index (χ0n) is 12.9. The topological polar surface area (TPSA) is 55.4 Å². The molecule has 4 nitrogen and oxygen atoms in total. The van der Waals surface area contributed by atoms with Crippen LogP contribution < -0.4 is 5.32 Å². The van der Waals surface area contributed by atoms with Crippen molar-refractivity contribution in [3.05, 3.63) is 35.6 Å². The van der Waals surface area contributed by atoms with Crippen molar-refractivity contribution in [1.82, 2.24) is 5.32 Å². The number of esters is 1. The Morgan fingerprint density at radius 1 is 1.36 bits per heavy atom. The molecule has 22 heavy (non-hydrogen) atoms. The van der Waals surface area contributed by atoms with Crippen molar-refractivity contribution < 1.29 is 18.7 Å². The van der Waals surface area contributed by atoms with Gasteiger partial charge in [-0.3, -0.25) is 9.59 Å². The molecule has 1 N–H and O–H groups in total. The number of carbonyl (C=O) groups is 2. The van der Waals surface area contributed by atoms with Gasteiger partial charge in [0, 0.05) is 0 Å². The number of halogens is 1. The molecule has 5 heteroatoms. The zero-order chi connectivity index (χ0) is 16.0. The number of unbranched alkanes of at least 4 members (excludes halogenated alkanes) is 1. The van der Waals surface area contributed by atoms with E-state index in [1.165, 1.54) is 12.1 Å². The summed E-state index contributed by atoms with van der Waals surface area (Å²) in [5, 5.41) is 2.63. The molecule has 0 aliphatic heterocycles. The first-order chi connectivity index (χ1) is 10.6. The minimum Gasteiger partial charge on any atom is -0.464 e. The molecule has 0 saturated heterocycles. The maximum Gasteiger partial charge on any atom is 0.325 e. The monoisotopic (exact) mass is 307 g/mol. The van der Waals surface area contributed by atoms with Crippen LogP contribution in [-0.4, -0.2) is 25.0 Å². The predicted molar refractivity (Wildman–Crippen MR) is 80.8 cm³/mol. The van der Waals surface area contributed by atoms with Gasteiger partial charge in [-0.15, -0.1) is 0 Å². The number of benzene rings is 1. The van der Waals surface area contributed by atoms with Gasteiger partial charge in [-0.25, -0.2) is 4.39 Å². The number of amides is 1. The van der Waals surface area contributed by atoms with Gasteiger partial charge in [-0.2, -0.15) is 0 Å². The van der Waals surface area contributed by atoms with Crippen molar-refractivity contribution in [2.24, 2.45) is 0 Å². The lowest BCUT2D eigenvalue weighted by Crippen LogP contribution is -2.50. The minimum atomic E-state index is -0.703. The Labute approximate surface area is 130 Å². The number of hydrogen-bond donors (Lipinski definition) is 1. The normalized spacial score (nSPS) is 15.7. The Bertz CT molecular complexity index is 540. The van der Waals surface area contributed by atoms with Gasteiger partial charge < -0.3 is 10.1 Å². The molecule has 0 spiro atoms. The second-order valence-corrected chi connectivity index (χ2v) is 5.70. The summed E-state index contributed by atoms with van der Waals surface area (Å²) in [4.78, 5) is 24.0. The Balaban J connectivity index is 1.94. The molecule has 1 amide bonds. The average molecular weight is 307 g/mol. The molecule has 1 aliphatic rings. The summed E-state index contributed by atoms with van der Waals surface area (Å²) in [6, 6.07) is 6.13. The van der Waals surface area contributed by atoms with Crippen LogP contribution in [0.15, 0.2) is 24.3 Å². The Morgan fingerprint density at radius 2 is 2.14 bits per heavy atom. The third-order valence-electron chi connectivity index (χ3n) is 4.17. The van der Waals surface area contributed by atoms with Crippen LogP contribution in [0.4, 0.5) is 4.39 Å². The van der Waals surface area contributed by atoms with Crippen molar-refractivity contribution in [1.29, 1.82) is 0 Å². The predicted octanol–water partition coefficient (Wildman–Crippen LogP) is 2.71. The highest BCUT2D eigenvalue weighted by atomic mass is 19.1. The van der Waals surface area contributed by atoms with E-state index >= 15 is 0 Å². The largest absolute Gasteiger partial charge is 0.464 e. The lowest BCUT2D eigenvalue weighted by atomic mass is 9.64. The van der Waals surface area contributed by atoms with Crippen LogP contribution in [0.3, 0.4) is 0 Å². The lowest BCUT2D eigenvalue weighted by molar-refractivity contribution is -0.145. The van der Waals surface area contributed by atoms with Crippen molar-refractivity contribution in [3.63, 3.8) is 0 Å². The van der Waals surface area contributed by atoms with Crippen molar-refractivity contribution in [2.45, 2.75) is 44.4 Å². The van der Waals surface area contributed by atoms with Crippen molar-refractivity contribution in [3.8, 4) is 0 Å². The van der Waals surface area contributed by atoms with Crippen LogP contribution in [0.2, 0.25) is 0 Å². The number of nitrogens with one attached hydrogen (secondary N) is 1. The Hall–Kier alpha value is -1.91. The first-order valence-corrected chi connectivity index (χ1v) is 7.78. The van der Waals surface area contributed by atoms with Gasteiger partial charge in [0.1, 0.15) is 12.4 Å². The number of hydrogen-bond acceptors (Lipinski definition) is 3. The minimum absolute atomic E-state index is 0.139. The van der Waals surface area contributed by atoms with Gasteiger partial charge in [0.05, 0.1) is 12.0 Å². The van der Waals surface area contributed by atoms with Crippen LogP contribution in [0, 0.1) is 5.82 Å². The van der Waals surface area contributed by atoms with E-state index in [0.29, 0.717) is 25.0 Å². The van der Waals surface area contributed by atoms with Crippen LogP contribution >= 0.6 is 0 Å². The number of carbonyl (C=O) groups excluding carboxylic acids is 2. The summed E-state index contributed by atoms with van der Waals surface area (Å²) >= 11 is 0. The maximum atomic E-state index is 13.4. The van der Waals surface area contributed by atoms with E-state index in [9.17, 15) is 14.0 Å². The van der Waals surface area contributed by atoms with Crippen molar-refractivity contribution in [2.75, 3.05) is 13.2 Å². The molecular formula is C17H22FNO3. The third kappa shape index (κ3) is 3.64. The molecule has 1 aliphatic carbocycles. The van der Waals surface area contributed by atoms with Crippen LogP contribution in [0.5, 0.6) is 0 Å². The van der Waals surface area contributed by atoms with Gasteiger partial charge in [0.15, 0.2) is 0 Å². The zero-order valence-corrected chi connectivity index (χ0v) is 12.9. The summed E-state index contributed by atoms with van der Waals surface area (Å²) in [5.74, 6) is -1.01. The number of ether oxygens (including phenoxy) is 1. The first-order valence-electron chi connectivity index (χ1n) is 7.78. The average Bonchev–Trinajstić information content (AvgIpc) is 2.44. The third-order valence-corrected chi connectivity index (χ3v) is 4.17. The quantitative estimate of drug-likeness (QED) is 0.622. The molecule has 0 unspecified atom stereocenters. The molecule has 2 rings (SSSR count). The van der Waals surface area contributed by atoms with Gasteiger partial charge in [0.25, 0.3) is 0 Å². The Kier molecular flexibility index (Phi) is 5.52. The first kappa shape index (κ1) is 16.5. The smallest absolute Gasteiger partial charge is 0.325 e. The highest BCUT2D eigenvalue weighted by molar-refractivity contribution is 5.91. The van der Waals surface area contributed by atoms with E-state index in [0.717, 1.165) is 19.3 Å². The lowest BCUT2D eigenvalue weighted by Gasteiger charge is -2.40. The molecule has 0 atom stereocenters. The summed E-state index contributed by atoms with van der Waals surface area (Å²) in [5.41, 5.74) is -0.0261. The molecule has 1 aromatic carbocycles. The van der Waals surface area contributed by atoms with Gasteiger partial charge >= 0.3 is 5.97 Å². The van der Waals surface area contributed by atoms with E-state index in [2.05, 4.69) is 5.32 Å². The van der Waals surface area contributed by atoms with Crippen LogP contribution in [0.25, 0.3) is 0 Å². The molecule has 0 heterocycles. The van der Waals surface area contributed by atoms with Crippen LogP contribution in [-0.2, 0) is 19.7 Å². The number of rotatable bonds is 7. The Morgan fingerprint density at radius 3 is 2.73 bits per heavy atom. The fourth-order valence-corrected chi connectivity index (χ4v) is 2.67. The van der Waals surface area contributed by atoms with E-state index in [-0.39, 0.29) is 18.3 Å². The van der Waals surface area contributed by atoms with E-state index < -0.39 is 11.4 Å². The second-order valence-electron chi connectivity index (χ2n) is 5.70. The molecule has 1 saturated carbocycles. The summed E-state index contributed by atoms with van der Waals surface area (Å²) < 4.78 is 18.4.